The third-order valence-corrected chi connectivity index (χ3v) is 3.13. The lowest BCUT2D eigenvalue weighted by Gasteiger charge is -2.01. The lowest BCUT2D eigenvalue weighted by Crippen LogP contribution is -1.84. The number of rotatable bonds is 0. The highest BCUT2D eigenvalue weighted by atomic mass is 127. The minimum atomic E-state index is 0.493. The van der Waals surface area contributed by atoms with E-state index < -0.39 is 0 Å². The first-order valence-corrected chi connectivity index (χ1v) is 5.42. The fourth-order valence-electron chi connectivity index (χ4n) is 1.13. The molecule has 2 rings (SSSR count). The number of hydrogen-bond donors (Lipinski definition) is 0. The Morgan fingerprint density at radius 3 is 2.62 bits per heavy atom. The molecule has 0 amide bonds. The Hall–Kier alpha value is -0.0600. The van der Waals surface area contributed by atoms with Crippen LogP contribution in [0.25, 0.3) is 10.9 Å². The van der Waals surface area contributed by atoms with Crippen LogP contribution in [0.1, 0.15) is 0 Å². The minimum Gasteiger partial charge on any atom is -0.235 e. The molecule has 0 aliphatic rings. The van der Waals surface area contributed by atoms with Crippen molar-refractivity contribution < 1.29 is 0 Å². The molecule has 0 saturated carbocycles. The van der Waals surface area contributed by atoms with Gasteiger partial charge in [0.05, 0.1) is 10.5 Å². The largest absolute Gasteiger partial charge is 0.235 e. The Morgan fingerprint density at radius 1 is 1.08 bits per heavy atom. The van der Waals surface area contributed by atoms with Crippen molar-refractivity contribution in [2.75, 3.05) is 0 Å². The summed E-state index contributed by atoms with van der Waals surface area (Å²) in [6, 6.07) is 7.41. The highest BCUT2D eigenvalue weighted by Crippen LogP contribution is 2.27. The normalized spacial score (nSPS) is 10.7. The molecular weight excluding hydrogens is 320 g/mol. The molecule has 1 aromatic carbocycles. The van der Waals surface area contributed by atoms with Gasteiger partial charge in [-0.2, -0.15) is 0 Å². The van der Waals surface area contributed by atoms with Crippen LogP contribution >= 0.6 is 45.8 Å². The van der Waals surface area contributed by atoms with Crippen molar-refractivity contribution in [1.29, 1.82) is 0 Å². The van der Waals surface area contributed by atoms with Gasteiger partial charge in [0.15, 0.2) is 0 Å². The molecule has 0 fully saturated rings. The smallest absolute Gasteiger partial charge is 0.129 e. The van der Waals surface area contributed by atoms with Gasteiger partial charge in [-0.05, 0) is 46.9 Å². The van der Waals surface area contributed by atoms with E-state index in [-0.39, 0.29) is 0 Å². The first-order chi connectivity index (χ1) is 6.18. The first kappa shape index (κ1) is 9.49. The van der Waals surface area contributed by atoms with Crippen LogP contribution in [0.15, 0.2) is 24.3 Å². The number of aromatic nitrogens is 1. The van der Waals surface area contributed by atoms with E-state index in [0.717, 1.165) is 14.5 Å². The molecule has 0 aliphatic heterocycles. The Kier molecular flexibility index (Phi) is 2.62. The highest BCUT2D eigenvalue weighted by molar-refractivity contribution is 14.1. The predicted molar refractivity (Wildman–Crippen MR) is 64.5 cm³/mol. The molecule has 1 heterocycles. The van der Waals surface area contributed by atoms with Gasteiger partial charge in [0.25, 0.3) is 0 Å². The second-order valence-corrected chi connectivity index (χ2v) is 4.52. The quantitative estimate of drug-likeness (QED) is 0.524. The van der Waals surface area contributed by atoms with E-state index in [2.05, 4.69) is 27.6 Å². The molecule has 0 aliphatic carbocycles. The standard InChI is InChI=1S/C9H4Cl2IN/c10-6-2-3-7(12)9-5(6)1-4-8(11)13-9/h1-4H. The fourth-order valence-corrected chi connectivity index (χ4v) is 2.08. The number of hydrogen-bond acceptors (Lipinski definition) is 1. The van der Waals surface area contributed by atoms with Crippen molar-refractivity contribution in [1.82, 2.24) is 4.98 Å². The number of pyridine rings is 1. The van der Waals surface area contributed by atoms with Crippen LogP contribution in [-0.4, -0.2) is 4.98 Å². The van der Waals surface area contributed by atoms with Crippen molar-refractivity contribution >= 4 is 56.7 Å². The van der Waals surface area contributed by atoms with Gasteiger partial charge in [0.1, 0.15) is 5.15 Å². The van der Waals surface area contributed by atoms with Gasteiger partial charge >= 0.3 is 0 Å². The van der Waals surface area contributed by atoms with Gasteiger partial charge in [0.2, 0.25) is 0 Å². The summed E-state index contributed by atoms with van der Waals surface area (Å²) in [5.74, 6) is 0. The van der Waals surface area contributed by atoms with Crippen LogP contribution in [0.2, 0.25) is 10.2 Å². The van der Waals surface area contributed by atoms with Crippen LogP contribution in [-0.2, 0) is 0 Å². The Morgan fingerprint density at radius 2 is 1.85 bits per heavy atom. The molecule has 4 heteroatoms. The molecule has 0 radical (unpaired) electrons. The molecule has 2 aromatic rings. The van der Waals surface area contributed by atoms with Gasteiger partial charge in [-0.15, -0.1) is 0 Å². The average Bonchev–Trinajstić information content (AvgIpc) is 2.12. The van der Waals surface area contributed by atoms with Crippen LogP contribution in [0.5, 0.6) is 0 Å². The molecule has 0 saturated heterocycles. The predicted octanol–water partition coefficient (Wildman–Crippen LogP) is 4.15. The lowest BCUT2D eigenvalue weighted by atomic mass is 10.2. The molecule has 13 heavy (non-hydrogen) atoms. The average molecular weight is 324 g/mol. The zero-order valence-electron chi connectivity index (χ0n) is 6.39. The maximum atomic E-state index is 5.99. The summed E-state index contributed by atoms with van der Waals surface area (Å²) in [6.45, 7) is 0. The lowest BCUT2D eigenvalue weighted by molar-refractivity contribution is 1.40. The Bertz CT molecular complexity index is 470. The summed E-state index contributed by atoms with van der Waals surface area (Å²) in [5.41, 5.74) is 0.862. The molecule has 1 aromatic heterocycles. The summed E-state index contributed by atoms with van der Waals surface area (Å²) in [6.07, 6.45) is 0. The zero-order chi connectivity index (χ0) is 9.42. The molecule has 0 spiro atoms. The van der Waals surface area contributed by atoms with Crippen molar-refractivity contribution in [3.05, 3.63) is 38.0 Å². The van der Waals surface area contributed by atoms with Crippen molar-refractivity contribution in [2.45, 2.75) is 0 Å². The van der Waals surface area contributed by atoms with E-state index >= 15 is 0 Å². The van der Waals surface area contributed by atoms with E-state index in [1.54, 1.807) is 6.07 Å². The van der Waals surface area contributed by atoms with Gasteiger partial charge in [-0.3, -0.25) is 0 Å². The maximum Gasteiger partial charge on any atom is 0.129 e. The van der Waals surface area contributed by atoms with Gasteiger partial charge in [-0.1, -0.05) is 23.2 Å². The third kappa shape index (κ3) is 1.75. The van der Waals surface area contributed by atoms with Gasteiger partial charge in [-0.25, -0.2) is 4.98 Å². The van der Waals surface area contributed by atoms with Gasteiger partial charge < -0.3 is 0 Å². The molecule has 66 valence electrons. The van der Waals surface area contributed by atoms with Crippen LogP contribution in [0, 0.1) is 3.57 Å². The number of fused-ring (bicyclic) bond motifs is 1. The molecule has 0 unspecified atom stereocenters. The van der Waals surface area contributed by atoms with E-state index in [9.17, 15) is 0 Å². The zero-order valence-corrected chi connectivity index (χ0v) is 10.1. The maximum absolute atomic E-state index is 5.99. The number of nitrogens with zero attached hydrogens (tertiary/aromatic N) is 1. The van der Waals surface area contributed by atoms with Crippen molar-refractivity contribution in [3.63, 3.8) is 0 Å². The van der Waals surface area contributed by atoms with E-state index in [0.29, 0.717) is 10.2 Å². The van der Waals surface area contributed by atoms with Crippen LogP contribution in [0.3, 0.4) is 0 Å². The monoisotopic (exact) mass is 323 g/mol. The SMILES string of the molecule is Clc1ccc2c(Cl)ccc(I)c2n1. The van der Waals surface area contributed by atoms with Gasteiger partial charge in [0, 0.05) is 8.96 Å². The minimum absolute atomic E-state index is 0.493. The van der Waals surface area contributed by atoms with Crippen LogP contribution < -0.4 is 0 Å². The van der Waals surface area contributed by atoms with E-state index in [1.165, 1.54) is 0 Å². The van der Waals surface area contributed by atoms with Crippen LogP contribution in [0.4, 0.5) is 0 Å². The summed E-state index contributed by atoms with van der Waals surface area (Å²) in [7, 11) is 0. The topological polar surface area (TPSA) is 12.9 Å². The van der Waals surface area contributed by atoms with E-state index in [4.69, 9.17) is 23.2 Å². The summed E-state index contributed by atoms with van der Waals surface area (Å²) in [5, 5.41) is 2.14. The second-order valence-electron chi connectivity index (χ2n) is 2.56. The molecule has 1 nitrogen and oxygen atoms in total. The second kappa shape index (κ2) is 3.59. The van der Waals surface area contributed by atoms with Crippen molar-refractivity contribution in [2.24, 2.45) is 0 Å². The molecule has 0 bridgehead atoms. The third-order valence-electron chi connectivity index (χ3n) is 1.72. The summed E-state index contributed by atoms with van der Waals surface area (Å²) in [4.78, 5) is 4.21. The molecular formula is C9H4Cl2IN. The van der Waals surface area contributed by atoms with Crippen molar-refractivity contribution in [3.8, 4) is 0 Å². The van der Waals surface area contributed by atoms with E-state index in [1.807, 2.05) is 18.2 Å². The Labute approximate surface area is 99.2 Å². The number of halogens is 3. The first-order valence-electron chi connectivity index (χ1n) is 3.59. The number of benzene rings is 1. The fraction of sp³-hybridized carbons (Fsp3) is 0. The molecule has 0 N–H and O–H groups in total. The summed E-state index contributed by atoms with van der Waals surface area (Å²) < 4.78 is 1.06. The summed E-state index contributed by atoms with van der Waals surface area (Å²) >= 11 is 14.0. The Balaban J connectivity index is 2.92. The molecule has 0 atom stereocenters. The highest BCUT2D eigenvalue weighted by Gasteiger charge is 2.04.